The lowest BCUT2D eigenvalue weighted by atomic mass is 10.2. The van der Waals surface area contributed by atoms with Crippen LogP contribution in [0, 0.1) is 6.92 Å². The first-order valence-corrected chi connectivity index (χ1v) is 12.0. The summed E-state index contributed by atoms with van der Waals surface area (Å²) in [4.78, 5) is 0. The van der Waals surface area contributed by atoms with Gasteiger partial charge < -0.3 is 17.0 Å². The Kier molecular flexibility index (Phi) is 7.42. The SMILES string of the molecule is Cc1cccc([P+](Cc2ccccc2)(Cc2ccccc2)c2ccccc2)c1.[Br-]. The Morgan fingerprint density at radius 1 is 0.517 bits per heavy atom. The summed E-state index contributed by atoms with van der Waals surface area (Å²) >= 11 is 0. The van der Waals surface area contributed by atoms with Gasteiger partial charge in [-0.15, -0.1) is 0 Å². The predicted octanol–water partition coefficient (Wildman–Crippen LogP) is 3.37. The molecular formula is C27H26BrP. The highest BCUT2D eigenvalue weighted by molar-refractivity contribution is 7.88. The van der Waals surface area contributed by atoms with E-state index < -0.39 is 7.26 Å². The van der Waals surface area contributed by atoms with Crippen molar-refractivity contribution in [2.24, 2.45) is 0 Å². The van der Waals surface area contributed by atoms with Crippen molar-refractivity contribution >= 4 is 17.9 Å². The normalized spacial score (nSPS) is 10.9. The average Bonchev–Trinajstić information content (AvgIpc) is 2.75. The third kappa shape index (κ3) is 5.04. The molecule has 0 amide bonds. The molecule has 146 valence electrons. The number of halogens is 1. The summed E-state index contributed by atoms with van der Waals surface area (Å²) in [5.41, 5.74) is 4.16. The Balaban J connectivity index is 0.00000240. The Hall–Kier alpha value is -2.21. The van der Waals surface area contributed by atoms with Crippen LogP contribution >= 0.6 is 7.26 Å². The Morgan fingerprint density at radius 2 is 0.966 bits per heavy atom. The van der Waals surface area contributed by atoms with E-state index in [2.05, 4.69) is 122 Å². The highest BCUT2D eigenvalue weighted by atomic mass is 79.9. The van der Waals surface area contributed by atoms with Crippen LogP contribution in [-0.4, -0.2) is 0 Å². The average molecular weight is 461 g/mol. The molecule has 0 atom stereocenters. The fraction of sp³-hybridized carbons (Fsp3) is 0.111. The lowest BCUT2D eigenvalue weighted by molar-refractivity contribution is -0.00000564. The van der Waals surface area contributed by atoms with E-state index in [0.717, 1.165) is 12.3 Å². The Morgan fingerprint density at radius 3 is 1.45 bits per heavy atom. The molecule has 0 spiro atoms. The van der Waals surface area contributed by atoms with E-state index in [4.69, 9.17) is 0 Å². The third-order valence-corrected chi connectivity index (χ3v) is 9.70. The fourth-order valence-electron chi connectivity index (χ4n) is 3.97. The van der Waals surface area contributed by atoms with E-state index in [-0.39, 0.29) is 17.0 Å². The maximum Gasteiger partial charge on any atom is 0.100 e. The molecule has 0 bridgehead atoms. The van der Waals surface area contributed by atoms with Crippen LogP contribution in [0.4, 0.5) is 0 Å². The summed E-state index contributed by atoms with van der Waals surface area (Å²) in [5, 5.41) is 2.97. The minimum Gasteiger partial charge on any atom is -1.00 e. The van der Waals surface area contributed by atoms with Crippen LogP contribution in [0.2, 0.25) is 0 Å². The molecule has 0 aliphatic heterocycles. The molecule has 0 saturated carbocycles. The van der Waals surface area contributed by atoms with Gasteiger partial charge in [0.2, 0.25) is 0 Å². The molecule has 0 unspecified atom stereocenters. The molecular weight excluding hydrogens is 435 g/mol. The van der Waals surface area contributed by atoms with Crippen LogP contribution in [0.1, 0.15) is 16.7 Å². The monoisotopic (exact) mass is 460 g/mol. The van der Waals surface area contributed by atoms with Gasteiger partial charge in [-0.05, 0) is 47.9 Å². The van der Waals surface area contributed by atoms with Gasteiger partial charge in [0.1, 0.15) is 5.30 Å². The highest BCUT2D eigenvalue weighted by Gasteiger charge is 2.43. The van der Waals surface area contributed by atoms with Crippen molar-refractivity contribution in [3.63, 3.8) is 0 Å². The van der Waals surface area contributed by atoms with Crippen LogP contribution in [-0.2, 0) is 12.3 Å². The predicted molar refractivity (Wildman–Crippen MR) is 124 cm³/mol. The van der Waals surface area contributed by atoms with E-state index in [1.165, 1.54) is 27.3 Å². The largest absolute Gasteiger partial charge is 1.00 e. The summed E-state index contributed by atoms with van der Waals surface area (Å²) in [6.07, 6.45) is 2.16. The second kappa shape index (κ2) is 10.0. The van der Waals surface area contributed by atoms with Crippen molar-refractivity contribution in [1.82, 2.24) is 0 Å². The number of benzene rings is 4. The van der Waals surface area contributed by atoms with Crippen LogP contribution in [0.3, 0.4) is 0 Å². The number of hydrogen-bond acceptors (Lipinski definition) is 0. The molecule has 4 aromatic carbocycles. The van der Waals surface area contributed by atoms with E-state index >= 15 is 0 Å². The number of hydrogen-bond donors (Lipinski definition) is 0. The molecule has 0 N–H and O–H groups in total. The van der Waals surface area contributed by atoms with Gasteiger partial charge in [0, 0.05) is 0 Å². The molecule has 0 aromatic heterocycles. The van der Waals surface area contributed by atoms with E-state index in [9.17, 15) is 0 Å². The molecule has 0 saturated heterocycles. The second-order valence-electron chi connectivity index (χ2n) is 7.43. The quantitative estimate of drug-likeness (QED) is 0.387. The zero-order chi connectivity index (χ0) is 19.2. The van der Waals surface area contributed by atoms with Gasteiger partial charge >= 0.3 is 0 Å². The fourth-order valence-corrected chi connectivity index (χ4v) is 8.34. The van der Waals surface area contributed by atoms with E-state index in [1.54, 1.807) is 0 Å². The summed E-state index contributed by atoms with van der Waals surface area (Å²) in [6, 6.07) is 42.3. The summed E-state index contributed by atoms with van der Waals surface area (Å²) in [6.45, 7) is 2.20. The highest BCUT2D eigenvalue weighted by Crippen LogP contribution is 2.61. The molecule has 4 rings (SSSR count). The van der Waals surface area contributed by atoms with Crippen LogP contribution in [0.15, 0.2) is 115 Å². The van der Waals surface area contributed by atoms with Crippen molar-refractivity contribution < 1.29 is 17.0 Å². The number of rotatable bonds is 6. The lowest BCUT2D eigenvalue weighted by Crippen LogP contribution is -3.00. The number of aryl methyl sites for hydroxylation is 1. The molecule has 0 nitrogen and oxygen atoms in total. The molecule has 29 heavy (non-hydrogen) atoms. The van der Waals surface area contributed by atoms with Gasteiger partial charge in [-0.3, -0.25) is 0 Å². The van der Waals surface area contributed by atoms with Crippen LogP contribution in [0.5, 0.6) is 0 Å². The minimum absolute atomic E-state index is 0. The van der Waals surface area contributed by atoms with Gasteiger partial charge in [0.15, 0.2) is 0 Å². The first-order chi connectivity index (χ1) is 13.8. The van der Waals surface area contributed by atoms with Crippen molar-refractivity contribution in [2.75, 3.05) is 0 Å². The molecule has 0 fully saturated rings. The standard InChI is InChI=1S/C27H26P.BrH/c1-23-12-11-19-27(20-23)28(26-17-9-4-10-18-26,21-24-13-5-2-6-14-24)22-25-15-7-3-8-16-25;/h2-20H,21-22H2,1H3;1H/q+1;/p-1. The van der Waals surface area contributed by atoms with Gasteiger partial charge in [-0.25, -0.2) is 0 Å². The zero-order valence-electron chi connectivity index (χ0n) is 16.7. The maximum absolute atomic E-state index is 2.41. The van der Waals surface area contributed by atoms with E-state index in [0.29, 0.717) is 0 Å². The molecule has 0 aliphatic rings. The zero-order valence-corrected chi connectivity index (χ0v) is 19.2. The molecule has 4 aromatic rings. The molecule has 2 heteroatoms. The minimum atomic E-state index is -1.67. The summed E-state index contributed by atoms with van der Waals surface area (Å²) in [5.74, 6) is 0. The first kappa shape index (κ1) is 21.5. The Bertz CT molecular complexity index is 972. The van der Waals surface area contributed by atoms with Crippen molar-refractivity contribution in [1.29, 1.82) is 0 Å². The maximum atomic E-state index is 2.41. The molecule has 0 radical (unpaired) electrons. The Labute approximate surface area is 185 Å². The summed E-state index contributed by atoms with van der Waals surface area (Å²) < 4.78 is 0. The van der Waals surface area contributed by atoms with Gasteiger partial charge in [-0.2, -0.15) is 0 Å². The van der Waals surface area contributed by atoms with Gasteiger partial charge in [0.25, 0.3) is 0 Å². The third-order valence-electron chi connectivity index (χ3n) is 5.34. The first-order valence-electron chi connectivity index (χ1n) is 9.84. The van der Waals surface area contributed by atoms with Crippen LogP contribution < -0.4 is 27.6 Å². The smallest absolute Gasteiger partial charge is 0.100 e. The second-order valence-corrected chi connectivity index (χ2v) is 11.0. The lowest BCUT2D eigenvalue weighted by Gasteiger charge is -2.28. The molecule has 0 aliphatic carbocycles. The van der Waals surface area contributed by atoms with Crippen LogP contribution in [0.25, 0.3) is 0 Å². The van der Waals surface area contributed by atoms with Gasteiger partial charge in [-0.1, -0.05) is 91.0 Å². The van der Waals surface area contributed by atoms with E-state index in [1.807, 2.05) is 0 Å². The summed E-state index contributed by atoms with van der Waals surface area (Å²) in [7, 11) is -1.67. The topological polar surface area (TPSA) is 0 Å². The van der Waals surface area contributed by atoms with Crippen molar-refractivity contribution in [3.05, 3.63) is 132 Å². The van der Waals surface area contributed by atoms with Crippen molar-refractivity contribution in [3.8, 4) is 0 Å². The van der Waals surface area contributed by atoms with Crippen molar-refractivity contribution in [2.45, 2.75) is 19.2 Å². The van der Waals surface area contributed by atoms with Gasteiger partial charge in [0.05, 0.1) is 24.9 Å². The molecule has 0 heterocycles.